The first-order valence-electron chi connectivity index (χ1n) is 9.98. The van der Waals surface area contributed by atoms with Gasteiger partial charge in [0.15, 0.2) is 11.0 Å². The fourth-order valence-electron chi connectivity index (χ4n) is 2.99. The Morgan fingerprint density at radius 2 is 1.84 bits per heavy atom. The molecule has 2 heterocycles. The monoisotopic (exact) mass is 433 g/mol. The lowest BCUT2D eigenvalue weighted by molar-refractivity contribution is -0.113. The highest BCUT2D eigenvalue weighted by molar-refractivity contribution is 7.99. The Labute approximate surface area is 184 Å². The van der Waals surface area contributed by atoms with Crippen molar-refractivity contribution in [3.05, 3.63) is 71.9 Å². The second-order valence-corrected chi connectivity index (χ2v) is 8.39. The van der Waals surface area contributed by atoms with Crippen molar-refractivity contribution in [1.29, 1.82) is 0 Å². The molecule has 0 fully saturated rings. The van der Waals surface area contributed by atoms with Gasteiger partial charge in [-0.3, -0.25) is 14.7 Å². The smallest absolute Gasteiger partial charge is 0.237 e. The second kappa shape index (κ2) is 9.18. The van der Waals surface area contributed by atoms with Gasteiger partial charge in [-0.15, -0.1) is 10.2 Å². The minimum Gasteiger partial charge on any atom is -0.338 e. The van der Waals surface area contributed by atoms with Gasteiger partial charge >= 0.3 is 0 Å². The van der Waals surface area contributed by atoms with Crippen LogP contribution in [0.15, 0.2) is 70.3 Å². The van der Waals surface area contributed by atoms with E-state index in [1.54, 1.807) is 6.07 Å². The van der Waals surface area contributed by atoms with Gasteiger partial charge in [0.2, 0.25) is 11.8 Å². The summed E-state index contributed by atoms with van der Waals surface area (Å²) >= 11 is 1.32. The zero-order valence-electron chi connectivity index (χ0n) is 17.6. The number of nitrogens with zero attached hydrogens (tertiary/aromatic N) is 4. The van der Waals surface area contributed by atoms with Crippen LogP contribution < -0.4 is 5.32 Å². The van der Waals surface area contributed by atoms with E-state index >= 15 is 0 Å². The summed E-state index contributed by atoms with van der Waals surface area (Å²) in [5.74, 6) is 1.27. The molecule has 0 atom stereocenters. The van der Waals surface area contributed by atoms with Crippen LogP contribution in [0, 0.1) is 6.92 Å². The van der Waals surface area contributed by atoms with E-state index in [4.69, 9.17) is 4.52 Å². The van der Waals surface area contributed by atoms with Crippen LogP contribution >= 0.6 is 11.8 Å². The molecule has 7 nitrogen and oxygen atoms in total. The molecule has 2 aromatic heterocycles. The first kappa shape index (κ1) is 20.9. The van der Waals surface area contributed by atoms with Gasteiger partial charge in [0.1, 0.15) is 0 Å². The summed E-state index contributed by atoms with van der Waals surface area (Å²) in [6, 6.07) is 19.8. The minimum absolute atomic E-state index is 0.163. The Morgan fingerprint density at radius 1 is 1.10 bits per heavy atom. The topological polar surface area (TPSA) is 85.8 Å². The summed E-state index contributed by atoms with van der Waals surface area (Å²) in [5.41, 5.74) is 3.86. The molecule has 1 amide bonds. The van der Waals surface area contributed by atoms with E-state index in [-0.39, 0.29) is 17.6 Å². The molecule has 0 bridgehead atoms. The lowest BCUT2D eigenvalue weighted by atomic mass is 10.1. The number of rotatable bonds is 7. The number of hydrogen-bond donors (Lipinski definition) is 1. The highest BCUT2D eigenvalue weighted by Gasteiger charge is 2.18. The molecule has 0 aliphatic heterocycles. The van der Waals surface area contributed by atoms with Crippen molar-refractivity contribution in [1.82, 2.24) is 19.9 Å². The largest absolute Gasteiger partial charge is 0.338 e. The Bertz CT molecular complexity index is 1170. The summed E-state index contributed by atoms with van der Waals surface area (Å²) in [7, 11) is 0. The third kappa shape index (κ3) is 4.86. The SMILES string of the molecule is Cc1ccc(-n2c(SCC(=O)Nc3cc(C(C)C)no3)nnc2-c2ccccc2)cc1. The molecule has 31 heavy (non-hydrogen) atoms. The number of carbonyl (C=O) groups excluding carboxylic acids is 1. The molecule has 0 saturated carbocycles. The van der Waals surface area contributed by atoms with Gasteiger partial charge in [-0.2, -0.15) is 0 Å². The number of anilines is 1. The van der Waals surface area contributed by atoms with Crippen LogP contribution in [0.4, 0.5) is 5.88 Å². The minimum atomic E-state index is -0.198. The predicted molar refractivity (Wildman–Crippen MR) is 121 cm³/mol. The standard InChI is InChI=1S/C23H23N5O2S/c1-15(2)19-13-21(30-27-19)24-20(29)14-31-23-26-25-22(17-7-5-4-6-8-17)28(23)18-11-9-16(3)10-12-18/h4-13,15H,14H2,1-3H3,(H,24,29). The first-order chi connectivity index (χ1) is 15.0. The van der Waals surface area contributed by atoms with E-state index in [0.717, 1.165) is 22.8 Å². The van der Waals surface area contributed by atoms with Gasteiger partial charge in [0.05, 0.1) is 11.4 Å². The van der Waals surface area contributed by atoms with E-state index in [2.05, 4.69) is 20.7 Å². The van der Waals surface area contributed by atoms with E-state index in [1.807, 2.05) is 79.9 Å². The number of aromatic nitrogens is 4. The van der Waals surface area contributed by atoms with E-state index in [0.29, 0.717) is 11.0 Å². The predicted octanol–water partition coefficient (Wildman–Crippen LogP) is 5.08. The zero-order valence-corrected chi connectivity index (χ0v) is 18.4. The van der Waals surface area contributed by atoms with Crippen molar-refractivity contribution < 1.29 is 9.32 Å². The Balaban J connectivity index is 1.55. The van der Waals surface area contributed by atoms with Crippen LogP contribution in [-0.4, -0.2) is 31.6 Å². The average molecular weight is 434 g/mol. The number of benzene rings is 2. The summed E-state index contributed by atoms with van der Waals surface area (Å²) < 4.78 is 7.16. The lowest BCUT2D eigenvalue weighted by Crippen LogP contribution is -2.14. The third-order valence-corrected chi connectivity index (χ3v) is 5.60. The Morgan fingerprint density at radius 3 is 2.52 bits per heavy atom. The number of carbonyl (C=O) groups is 1. The van der Waals surface area contributed by atoms with E-state index < -0.39 is 0 Å². The van der Waals surface area contributed by atoms with Gasteiger partial charge in [-0.25, -0.2) is 0 Å². The number of hydrogen-bond acceptors (Lipinski definition) is 6. The number of nitrogens with one attached hydrogen (secondary N) is 1. The maximum atomic E-state index is 12.5. The fraction of sp³-hybridized carbons (Fsp3) is 0.217. The van der Waals surface area contributed by atoms with Crippen LogP contribution in [0.3, 0.4) is 0 Å². The molecule has 0 aliphatic rings. The molecule has 1 N–H and O–H groups in total. The number of aryl methyl sites for hydroxylation is 1. The van der Waals surface area contributed by atoms with Crippen molar-refractivity contribution in [3.8, 4) is 17.1 Å². The van der Waals surface area contributed by atoms with Crippen molar-refractivity contribution in [2.45, 2.75) is 31.8 Å². The third-order valence-electron chi connectivity index (χ3n) is 4.67. The summed E-state index contributed by atoms with van der Waals surface area (Å²) in [4.78, 5) is 12.5. The molecule has 0 radical (unpaired) electrons. The first-order valence-corrected chi connectivity index (χ1v) is 11.0. The molecule has 4 rings (SSSR count). The summed E-state index contributed by atoms with van der Waals surface area (Å²) in [6.07, 6.45) is 0. The fourth-order valence-corrected chi connectivity index (χ4v) is 3.74. The van der Waals surface area contributed by atoms with E-state index in [1.165, 1.54) is 17.3 Å². The highest BCUT2D eigenvalue weighted by Crippen LogP contribution is 2.28. The molecule has 158 valence electrons. The van der Waals surface area contributed by atoms with Crippen molar-refractivity contribution in [2.24, 2.45) is 0 Å². The zero-order chi connectivity index (χ0) is 21.8. The number of amides is 1. The molecule has 8 heteroatoms. The molecule has 0 unspecified atom stereocenters. The Kier molecular flexibility index (Phi) is 6.18. The van der Waals surface area contributed by atoms with E-state index in [9.17, 15) is 4.79 Å². The average Bonchev–Trinajstić information content (AvgIpc) is 3.41. The van der Waals surface area contributed by atoms with Crippen molar-refractivity contribution >= 4 is 23.6 Å². The maximum Gasteiger partial charge on any atom is 0.237 e. The highest BCUT2D eigenvalue weighted by atomic mass is 32.2. The van der Waals surface area contributed by atoms with Gasteiger partial charge < -0.3 is 4.52 Å². The van der Waals surface area contributed by atoms with Crippen molar-refractivity contribution in [2.75, 3.05) is 11.1 Å². The van der Waals surface area contributed by atoms with Crippen LogP contribution in [-0.2, 0) is 4.79 Å². The molecular formula is C23H23N5O2S. The maximum absolute atomic E-state index is 12.5. The molecule has 0 aliphatic carbocycles. The van der Waals surface area contributed by atoms with Crippen LogP contribution in [0.5, 0.6) is 0 Å². The quantitative estimate of drug-likeness (QED) is 0.409. The van der Waals surface area contributed by atoms with Gasteiger partial charge in [-0.05, 0) is 25.0 Å². The molecule has 4 aromatic rings. The van der Waals surface area contributed by atoms with Gasteiger partial charge in [0, 0.05) is 17.3 Å². The lowest BCUT2D eigenvalue weighted by Gasteiger charge is -2.10. The van der Waals surface area contributed by atoms with Crippen LogP contribution in [0.1, 0.15) is 31.0 Å². The van der Waals surface area contributed by atoms with Crippen LogP contribution in [0.25, 0.3) is 17.1 Å². The number of thioether (sulfide) groups is 1. The molecule has 0 saturated heterocycles. The molecule has 2 aromatic carbocycles. The summed E-state index contributed by atoms with van der Waals surface area (Å²) in [6.45, 7) is 6.07. The molecule has 0 spiro atoms. The van der Waals surface area contributed by atoms with Crippen molar-refractivity contribution in [3.63, 3.8) is 0 Å². The van der Waals surface area contributed by atoms with Gasteiger partial charge in [-0.1, -0.05) is 78.8 Å². The summed E-state index contributed by atoms with van der Waals surface area (Å²) in [5, 5.41) is 16.1. The normalized spacial score (nSPS) is 11.1. The Hall–Kier alpha value is -3.39. The second-order valence-electron chi connectivity index (χ2n) is 7.45. The van der Waals surface area contributed by atoms with Crippen LogP contribution in [0.2, 0.25) is 0 Å². The molecular weight excluding hydrogens is 410 g/mol. The van der Waals surface area contributed by atoms with Gasteiger partial charge in [0.25, 0.3) is 0 Å².